The van der Waals surface area contributed by atoms with Gasteiger partial charge in [0.15, 0.2) is 17.3 Å². The molecule has 26 heavy (non-hydrogen) atoms. The number of methoxy groups -OCH3 is 1. The SMILES string of the molecule is COc1cc(C(=O)Nc2cccnc2-n2cccn2)ccc1OC(F)F. The van der Waals surface area contributed by atoms with Crippen molar-refractivity contribution in [2.45, 2.75) is 6.61 Å². The molecule has 3 aromatic rings. The summed E-state index contributed by atoms with van der Waals surface area (Å²) in [5, 5.41) is 6.81. The molecule has 2 aromatic heterocycles. The molecule has 0 aliphatic rings. The van der Waals surface area contributed by atoms with E-state index in [0.29, 0.717) is 11.5 Å². The number of amides is 1. The van der Waals surface area contributed by atoms with Gasteiger partial charge in [-0.2, -0.15) is 13.9 Å². The van der Waals surface area contributed by atoms with Gasteiger partial charge in [0, 0.05) is 24.2 Å². The zero-order valence-corrected chi connectivity index (χ0v) is 13.6. The van der Waals surface area contributed by atoms with Gasteiger partial charge in [0.2, 0.25) is 0 Å². The maximum absolute atomic E-state index is 12.5. The van der Waals surface area contributed by atoms with Crippen molar-refractivity contribution in [3.8, 4) is 17.3 Å². The van der Waals surface area contributed by atoms with Crippen molar-refractivity contribution in [2.75, 3.05) is 12.4 Å². The number of nitrogens with one attached hydrogen (secondary N) is 1. The van der Waals surface area contributed by atoms with Gasteiger partial charge in [0.05, 0.1) is 12.8 Å². The molecule has 0 bridgehead atoms. The first-order valence-electron chi connectivity index (χ1n) is 7.47. The number of alkyl halides is 2. The molecule has 1 amide bonds. The number of hydrogen-bond acceptors (Lipinski definition) is 5. The zero-order chi connectivity index (χ0) is 18.5. The number of benzene rings is 1. The summed E-state index contributed by atoms with van der Waals surface area (Å²) in [6, 6.07) is 9.00. The van der Waals surface area contributed by atoms with Crippen LogP contribution >= 0.6 is 0 Å². The van der Waals surface area contributed by atoms with Gasteiger partial charge in [0.25, 0.3) is 5.91 Å². The first kappa shape index (κ1) is 17.3. The summed E-state index contributed by atoms with van der Waals surface area (Å²) < 4.78 is 35.6. The predicted octanol–water partition coefficient (Wildman–Crippen LogP) is 3.13. The maximum atomic E-state index is 12.5. The van der Waals surface area contributed by atoms with E-state index in [9.17, 15) is 13.6 Å². The fourth-order valence-corrected chi connectivity index (χ4v) is 2.27. The lowest BCUT2D eigenvalue weighted by atomic mass is 10.2. The fourth-order valence-electron chi connectivity index (χ4n) is 2.27. The summed E-state index contributed by atoms with van der Waals surface area (Å²) in [6.45, 7) is -2.99. The summed E-state index contributed by atoms with van der Waals surface area (Å²) in [6.07, 6.45) is 4.86. The molecule has 0 spiro atoms. The lowest BCUT2D eigenvalue weighted by Gasteiger charge is -2.13. The lowest BCUT2D eigenvalue weighted by molar-refractivity contribution is -0.0512. The second kappa shape index (κ2) is 7.60. The van der Waals surface area contributed by atoms with E-state index in [4.69, 9.17) is 4.74 Å². The van der Waals surface area contributed by atoms with E-state index in [0.717, 1.165) is 0 Å². The Morgan fingerprint density at radius 3 is 2.73 bits per heavy atom. The quantitative estimate of drug-likeness (QED) is 0.731. The summed E-state index contributed by atoms with van der Waals surface area (Å²) in [4.78, 5) is 16.7. The summed E-state index contributed by atoms with van der Waals surface area (Å²) in [7, 11) is 1.30. The van der Waals surface area contributed by atoms with Crippen LogP contribution in [0.15, 0.2) is 55.0 Å². The monoisotopic (exact) mass is 360 g/mol. The van der Waals surface area contributed by atoms with Crippen molar-refractivity contribution in [3.63, 3.8) is 0 Å². The number of carbonyl (C=O) groups is 1. The Morgan fingerprint density at radius 2 is 2.04 bits per heavy atom. The Kier molecular flexibility index (Phi) is 5.07. The minimum Gasteiger partial charge on any atom is -0.493 e. The number of hydrogen-bond donors (Lipinski definition) is 1. The van der Waals surface area contributed by atoms with Gasteiger partial charge >= 0.3 is 6.61 Å². The van der Waals surface area contributed by atoms with Crippen LogP contribution in [0.3, 0.4) is 0 Å². The third kappa shape index (κ3) is 3.77. The van der Waals surface area contributed by atoms with E-state index in [1.807, 2.05) is 0 Å². The summed E-state index contributed by atoms with van der Waals surface area (Å²) in [5.74, 6) is -0.155. The fraction of sp³-hybridized carbons (Fsp3) is 0.118. The van der Waals surface area contributed by atoms with Crippen molar-refractivity contribution in [3.05, 3.63) is 60.6 Å². The van der Waals surface area contributed by atoms with Crippen LogP contribution < -0.4 is 14.8 Å². The van der Waals surface area contributed by atoms with Crippen LogP contribution in [0, 0.1) is 0 Å². The minimum absolute atomic E-state index is 0.0245. The molecule has 1 N–H and O–H groups in total. The Labute approximate surface area is 147 Å². The first-order chi connectivity index (χ1) is 12.6. The van der Waals surface area contributed by atoms with Gasteiger partial charge in [0.1, 0.15) is 0 Å². The molecule has 1 aromatic carbocycles. The third-order valence-electron chi connectivity index (χ3n) is 3.40. The number of halogens is 2. The second-order valence-electron chi connectivity index (χ2n) is 5.02. The number of carbonyl (C=O) groups excluding carboxylic acids is 1. The topological polar surface area (TPSA) is 78.3 Å². The van der Waals surface area contributed by atoms with Crippen LogP contribution in [0.5, 0.6) is 11.5 Å². The molecule has 0 aliphatic carbocycles. The van der Waals surface area contributed by atoms with Crippen LogP contribution in [0.4, 0.5) is 14.5 Å². The molecule has 2 heterocycles. The lowest BCUT2D eigenvalue weighted by Crippen LogP contribution is -2.15. The number of ether oxygens (including phenoxy) is 2. The van der Waals surface area contributed by atoms with Crippen LogP contribution in [0.25, 0.3) is 5.82 Å². The molecule has 0 aliphatic heterocycles. The Bertz CT molecular complexity index is 901. The molecule has 0 saturated heterocycles. The maximum Gasteiger partial charge on any atom is 0.387 e. The largest absolute Gasteiger partial charge is 0.493 e. The van der Waals surface area contributed by atoms with Crippen molar-refractivity contribution >= 4 is 11.6 Å². The average molecular weight is 360 g/mol. The highest BCUT2D eigenvalue weighted by Crippen LogP contribution is 2.30. The Hall–Kier alpha value is -3.49. The van der Waals surface area contributed by atoms with Crippen LogP contribution in [0.2, 0.25) is 0 Å². The van der Waals surface area contributed by atoms with Gasteiger partial charge in [-0.1, -0.05) is 0 Å². The van der Waals surface area contributed by atoms with Crippen molar-refractivity contribution in [1.29, 1.82) is 0 Å². The molecule has 3 rings (SSSR count). The number of anilines is 1. The highest BCUT2D eigenvalue weighted by Gasteiger charge is 2.16. The number of nitrogens with zero attached hydrogens (tertiary/aromatic N) is 3. The van der Waals surface area contributed by atoms with Crippen molar-refractivity contribution < 1.29 is 23.0 Å². The second-order valence-corrected chi connectivity index (χ2v) is 5.02. The van der Waals surface area contributed by atoms with E-state index in [1.54, 1.807) is 36.8 Å². The Morgan fingerprint density at radius 1 is 1.19 bits per heavy atom. The van der Waals surface area contributed by atoms with Crippen molar-refractivity contribution in [1.82, 2.24) is 14.8 Å². The molecule has 0 saturated carbocycles. The molecule has 7 nitrogen and oxygen atoms in total. The number of rotatable bonds is 6. The van der Waals surface area contributed by atoms with Crippen LogP contribution in [-0.2, 0) is 0 Å². The molecular weight excluding hydrogens is 346 g/mol. The third-order valence-corrected chi connectivity index (χ3v) is 3.40. The number of aromatic nitrogens is 3. The van der Waals surface area contributed by atoms with Crippen LogP contribution in [0.1, 0.15) is 10.4 Å². The minimum atomic E-state index is -2.99. The molecule has 134 valence electrons. The van der Waals surface area contributed by atoms with E-state index in [1.165, 1.54) is 30.0 Å². The zero-order valence-electron chi connectivity index (χ0n) is 13.6. The summed E-state index contributed by atoms with van der Waals surface area (Å²) >= 11 is 0. The predicted molar refractivity (Wildman–Crippen MR) is 88.9 cm³/mol. The Balaban J connectivity index is 1.85. The molecule has 9 heteroatoms. The van der Waals surface area contributed by atoms with Gasteiger partial charge in [-0.05, 0) is 36.4 Å². The van der Waals surface area contributed by atoms with E-state index in [-0.39, 0.29) is 17.1 Å². The van der Waals surface area contributed by atoms with Crippen molar-refractivity contribution in [2.24, 2.45) is 0 Å². The molecule has 0 fully saturated rings. The van der Waals surface area contributed by atoms with Gasteiger partial charge < -0.3 is 14.8 Å². The smallest absolute Gasteiger partial charge is 0.387 e. The number of pyridine rings is 1. The first-order valence-corrected chi connectivity index (χ1v) is 7.47. The molecule has 0 radical (unpaired) electrons. The van der Waals surface area contributed by atoms with E-state index >= 15 is 0 Å². The normalized spacial score (nSPS) is 10.6. The van der Waals surface area contributed by atoms with Gasteiger partial charge in [-0.25, -0.2) is 9.67 Å². The van der Waals surface area contributed by atoms with Crippen LogP contribution in [-0.4, -0.2) is 34.4 Å². The summed E-state index contributed by atoms with van der Waals surface area (Å²) in [5.41, 5.74) is 0.645. The van der Waals surface area contributed by atoms with E-state index in [2.05, 4.69) is 20.1 Å². The molecule has 0 atom stereocenters. The van der Waals surface area contributed by atoms with Gasteiger partial charge in [-0.3, -0.25) is 4.79 Å². The highest BCUT2D eigenvalue weighted by molar-refractivity contribution is 6.05. The molecular formula is C17H14F2N4O3. The van der Waals surface area contributed by atoms with Gasteiger partial charge in [-0.15, -0.1) is 0 Å². The molecule has 0 unspecified atom stereocenters. The average Bonchev–Trinajstić information content (AvgIpc) is 3.16. The standard InChI is InChI=1S/C17H14F2N4O3/c1-25-14-10-11(5-6-13(14)26-17(18)19)16(24)22-12-4-2-7-20-15(12)23-9-3-8-21-23/h2-10,17H,1H3,(H,22,24). The van der Waals surface area contributed by atoms with E-state index < -0.39 is 12.5 Å². The highest BCUT2D eigenvalue weighted by atomic mass is 19.3.